The van der Waals surface area contributed by atoms with Gasteiger partial charge in [0.1, 0.15) is 5.82 Å². The van der Waals surface area contributed by atoms with E-state index >= 15 is 0 Å². The second kappa shape index (κ2) is 4.38. The summed E-state index contributed by atoms with van der Waals surface area (Å²) in [5.41, 5.74) is 8.38. The fourth-order valence-corrected chi connectivity index (χ4v) is 1.33. The van der Waals surface area contributed by atoms with Gasteiger partial charge in [-0.1, -0.05) is 17.7 Å². The van der Waals surface area contributed by atoms with E-state index in [0.29, 0.717) is 12.0 Å². The van der Waals surface area contributed by atoms with Gasteiger partial charge in [0.05, 0.1) is 0 Å². The SMILES string of the molecule is C=C(C)CC(N)c1ccc(C)c(F)c1. The topological polar surface area (TPSA) is 26.0 Å². The summed E-state index contributed by atoms with van der Waals surface area (Å²) in [6.07, 6.45) is 0.697. The molecular formula is C12H16FN. The molecule has 0 fully saturated rings. The molecule has 1 aromatic rings. The first-order chi connectivity index (χ1) is 6.50. The maximum Gasteiger partial charge on any atom is 0.126 e. The van der Waals surface area contributed by atoms with Crippen molar-refractivity contribution < 1.29 is 4.39 Å². The largest absolute Gasteiger partial charge is 0.324 e. The standard InChI is InChI=1S/C12H16FN/c1-8(2)6-12(14)10-5-4-9(3)11(13)7-10/h4-5,7,12H,1,6,14H2,2-3H3. The van der Waals surface area contributed by atoms with Gasteiger partial charge in [0.25, 0.3) is 0 Å². The molecule has 1 nitrogen and oxygen atoms in total. The van der Waals surface area contributed by atoms with E-state index in [1.54, 1.807) is 13.0 Å². The van der Waals surface area contributed by atoms with Crippen molar-refractivity contribution in [2.24, 2.45) is 5.73 Å². The molecule has 0 aliphatic carbocycles. The van der Waals surface area contributed by atoms with Gasteiger partial charge in [-0.05, 0) is 37.5 Å². The van der Waals surface area contributed by atoms with Crippen LogP contribution in [0.15, 0.2) is 30.4 Å². The molecule has 2 N–H and O–H groups in total. The molecule has 1 unspecified atom stereocenters. The third-order valence-corrected chi connectivity index (χ3v) is 2.19. The predicted molar refractivity (Wildman–Crippen MR) is 57.5 cm³/mol. The van der Waals surface area contributed by atoms with Gasteiger partial charge < -0.3 is 5.73 Å². The van der Waals surface area contributed by atoms with Crippen LogP contribution < -0.4 is 5.73 Å². The Morgan fingerprint density at radius 1 is 1.57 bits per heavy atom. The zero-order valence-corrected chi connectivity index (χ0v) is 8.68. The molecule has 0 spiro atoms. The molecule has 1 rings (SSSR count). The molecule has 0 bridgehead atoms. The Balaban J connectivity index is 2.85. The van der Waals surface area contributed by atoms with E-state index in [9.17, 15) is 4.39 Å². The van der Waals surface area contributed by atoms with Crippen LogP contribution in [-0.4, -0.2) is 0 Å². The van der Waals surface area contributed by atoms with Crippen molar-refractivity contribution in [2.75, 3.05) is 0 Å². The second-order valence-corrected chi connectivity index (χ2v) is 3.78. The quantitative estimate of drug-likeness (QED) is 0.733. The Labute approximate surface area is 84.4 Å². The molecule has 0 radical (unpaired) electrons. The molecule has 76 valence electrons. The molecule has 0 amide bonds. The van der Waals surface area contributed by atoms with Crippen molar-refractivity contribution >= 4 is 0 Å². The van der Waals surface area contributed by atoms with Crippen molar-refractivity contribution in [3.63, 3.8) is 0 Å². The number of aryl methyl sites for hydroxylation is 1. The van der Waals surface area contributed by atoms with Gasteiger partial charge in [0, 0.05) is 6.04 Å². The van der Waals surface area contributed by atoms with Gasteiger partial charge in [-0.25, -0.2) is 4.39 Å². The Morgan fingerprint density at radius 3 is 2.71 bits per heavy atom. The molecule has 2 heteroatoms. The molecular weight excluding hydrogens is 177 g/mol. The average molecular weight is 193 g/mol. The lowest BCUT2D eigenvalue weighted by molar-refractivity contribution is 0.609. The molecule has 0 saturated heterocycles. The first kappa shape index (κ1) is 10.9. The molecule has 1 aromatic carbocycles. The summed E-state index contributed by atoms with van der Waals surface area (Å²) in [4.78, 5) is 0. The predicted octanol–water partition coefficient (Wildman–Crippen LogP) is 3.10. The molecule has 0 aromatic heterocycles. The summed E-state index contributed by atoms with van der Waals surface area (Å²) in [6.45, 7) is 7.45. The van der Waals surface area contributed by atoms with E-state index in [1.165, 1.54) is 6.07 Å². The van der Waals surface area contributed by atoms with Crippen LogP contribution in [0.25, 0.3) is 0 Å². The van der Waals surface area contributed by atoms with Crippen LogP contribution in [-0.2, 0) is 0 Å². The number of halogens is 1. The minimum Gasteiger partial charge on any atom is -0.324 e. The highest BCUT2D eigenvalue weighted by Gasteiger charge is 2.07. The number of nitrogens with two attached hydrogens (primary N) is 1. The van der Waals surface area contributed by atoms with Crippen LogP contribution in [0.5, 0.6) is 0 Å². The summed E-state index contributed by atoms with van der Waals surface area (Å²) in [6, 6.07) is 4.97. The van der Waals surface area contributed by atoms with Crippen molar-refractivity contribution in [2.45, 2.75) is 26.3 Å². The lowest BCUT2D eigenvalue weighted by atomic mass is 10.00. The first-order valence-corrected chi connectivity index (χ1v) is 4.66. The fraction of sp³-hybridized carbons (Fsp3) is 0.333. The third-order valence-electron chi connectivity index (χ3n) is 2.19. The molecule has 14 heavy (non-hydrogen) atoms. The average Bonchev–Trinajstić information content (AvgIpc) is 2.08. The zero-order valence-electron chi connectivity index (χ0n) is 8.68. The summed E-state index contributed by atoms with van der Waals surface area (Å²) < 4.78 is 13.2. The van der Waals surface area contributed by atoms with E-state index in [-0.39, 0.29) is 11.9 Å². The zero-order chi connectivity index (χ0) is 10.7. The molecule has 0 aliphatic heterocycles. The van der Waals surface area contributed by atoms with Crippen LogP contribution in [0.3, 0.4) is 0 Å². The first-order valence-electron chi connectivity index (χ1n) is 4.66. The van der Waals surface area contributed by atoms with E-state index in [4.69, 9.17) is 5.73 Å². The number of benzene rings is 1. The smallest absolute Gasteiger partial charge is 0.126 e. The van der Waals surface area contributed by atoms with Crippen molar-refractivity contribution in [3.8, 4) is 0 Å². The van der Waals surface area contributed by atoms with Crippen LogP contribution >= 0.6 is 0 Å². The van der Waals surface area contributed by atoms with Gasteiger partial charge in [-0.15, -0.1) is 6.58 Å². The van der Waals surface area contributed by atoms with Gasteiger partial charge in [0.15, 0.2) is 0 Å². The maximum absolute atomic E-state index is 13.2. The summed E-state index contributed by atoms with van der Waals surface area (Å²) in [5.74, 6) is -0.195. The van der Waals surface area contributed by atoms with E-state index in [1.807, 2.05) is 13.0 Å². The molecule has 0 heterocycles. The monoisotopic (exact) mass is 193 g/mol. The van der Waals surface area contributed by atoms with Gasteiger partial charge >= 0.3 is 0 Å². The summed E-state index contributed by atoms with van der Waals surface area (Å²) >= 11 is 0. The second-order valence-electron chi connectivity index (χ2n) is 3.78. The molecule has 0 saturated carbocycles. The van der Waals surface area contributed by atoms with Crippen molar-refractivity contribution in [1.82, 2.24) is 0 Å². The molecule has 1 atom stereocenters. The van der Waals surface area contributed by atoms with E-state index in [0.717, 1.165) is 11.1 Å². The number of rotatable bonds is 3. The van der Waals surface area contributed by atoms with E-state index in [2.05, 4.69) is 6.58 Å². The molecule has 0 aliphatic rings. The number of hydrogen-bond acceptors (Lipinski definition) is 1. The number of hydrogen-bond donors (Lipinski definition) is 1. The minimum atomic E-state index is -0.195. The highest BCUT2D eigenvalue weighted by atomic mass is 19.1. The van der Waals surface area contributed by atoms with Crippen LogP contribution in [0.2, 0.25) is 0 Å². The lowest BCUT2D eigenvalue weighted by Crippen LogP contribution is -2.10. The van der Waals surface area contributed by atoms with Crippen molar-refractivity contribution in [1.29, 1.82) is 0 Å². The minimum absolute atomic E-state index is 0.150. The maximum atomic E-state index is 13.2. The lowest BCUT2D eigenvalue weighted by Gasteiger charge is -2.12. The van der Waals surface area contributed by atoms with Gasteiger partial charge in [-0.3, -0.25) is 0 Å². The highest BCUT2D eigenvalue weighted by molar-refractivity contribution is 5.26. The summed E-state index contributed by atoms with van der Waals surface area (Å²) in [5, 5.41) is 0. The Bertz CT molecular complexity index is 344. The van der Waals surface area contributed by atoms with Crippen LogP contribution in [0.1, 0.15) is 30.5 Å². The van der Waals surface area contributed by atoms with E-state index < -0.39 is 0 Å². The highest BCUT2D eigenvalue weighted by Crippen LogP contribution is 2.19. The van der Waals surface area contributed by atoms with Crippen molar-refractivity contribution in [3.05, 3.63) is 47.3 Å². The Morgan fingerprint density at radius 2 is 2.21 bits per heavy atom. The van der Waals surface area contributed by atoms with Gasteiger partial charge in [-0.2, -0.15) is 0 Å². The van der Waals surface area contributed by atoms with Gasteiger partial charge in [0.2, 0.25) is 0 Å². The Kier molecular flexibility index (Phi) is 3.42. The summed E-state index contributed by atoms with van der Waals surface area (Å²) in [7, 11) is 0. The fourth-order valence-electron chi connectivity index (χ4n) is 1.33. The van der Waals surface area contributed by atoms with Crippen LogP contribution in [0, 0.1) is 12.7 Å². The van der Waals surface area contributed by atoms with Crippen LogP contribution in [0.4, 0.5) is 4.39 Å². The normalized spacial score (nSPS) is 12.6. The Hall–Kier alpha value is -1.15. The third kappa shape index (κ3) is 2.67.